The van der Waals surface area contributed by atoms with Crippen molar-refractivity contribution in [2.75, 3.05) is 28.6 Å². The van der Waals surface area contributed by atoms with Gasteiger partial charge in [0.1, 0.15) is 0 Å². The highest BCUT2D eigenvalue weighted by Gasteiger charge is 2.11. The molecule has 2 aromatic rings. The number of para-hydroxylation sites is 1. The number of hydrogen-bond donors (Lipinski definition) is 2. The maximum atomic E-state index is 12.0. The maximum absolute atomic E-state index is 12.0. The number of hydrogen-bond acceptors (Lipinski definition) is 2. The number of carbonyl (C=O) groups is 1. The largest absolute Gasteiger partial charge is 0.372 e. The van der Waals surface area contributed by atoms with E-state index in [1.165, 1.54) is 24.9 Å². The van der Waals surface area contributed by atoms with Crippen LogP contribution in [0, 0.1) is 0 Å². The topological polar surface area (TPSA) is 44.4 Å². The number of halogens is 1. The SMILES string of the molecule is O=C(Nc1ccc(N2CCCCC2)cc1)Nc1ccccc1Cl. The van der Waals surface area contributed by atoms with Gasteiger partial charge in [0.05, 0.1) is 10.7 Å². The number of nitrogens with zero attached hydrogens (tertiary/aromatic N) is 1. The van der Waals surface area contributed by atoms with Crippen molar-refractivity contribution in [3.8, 4) is 0 Å². The number of amides is 2. The van der Waals surface area contributed by atoms with E-state index in [0.29, 0.717) is 10.7 Å². The Bertz CT molecular complexity index is 666. The molecule has 0 spiro atoms. The minimum atomic E-state index is -0.302. The number of anilines is 3. The molecule has 23 heavy (non-hydrogen) atoms. The molecular weight excluding hydrogens is 310 g/mol. The van der Waals surface area contributed by atoms with E-state index in [9.17, 15) is 4.79 Å². The molecule has 2 amide bonds. The third kappa shape index (κ3) is 4.17. The molecule has 1 heterocycles. The summed E-state index contributed by atoms with van der Waals surface area (Å²) >= 11 is 6.03. The van der Waals surface area contributed by atoms with Gasteiger partial charge in [-0.25, -0.2) is 4.79 Å². The molecule has 4 nitrogen and oxygen atoms in total. The molecule has 0 atom stereocenters. The van der Waals surface area contributed by atoms with Crippen molar-refractivity contribution in [1.82, 2.24) is 0 Å². The van der Waals surface area contributed by atoms with Crippen LogP contribution in [0.3, 0.4) is 0 Å². The van der Waals surface area contributed by atoms with E-state index in [1.54, 1.807) is 12.1 Å². The van der Waals surface area contributed by atoms with E-state index >= 15 is 0 Å². The van der Waals surface area contributed by atoms with Crippen molar-refractivity contribution in [2.45, 2.75) is 19.3 Å². The Balaban J connectivity index is 1.59. The third-order valence-electron chi connectivity index (χ3n) is 3.97. The minimum Gasteiger partial charge on any atom is -0.372 e. The Hall–Kier alpha value is -2.20. The second-order valence-corrected chi connectivity index (χ2v) is 6.06. The van der Waals surface area contributed by atoms with Crippen LogP contribution in [0.1, 0.15) is 19.3 Å². The molecule has 1 aliphatic rings. The molecule has 0 aromatic heterocycles. The Kier molecular flexibility index (Phi) is 5.03. The minimum absolute atomic E-state index is 0.302. The highest BCUT2D eigenvalue weighted by molar-refractivity contribution is 6.33. The lowest BCUT2D eigenvalue weighted by atomic mass is 10.1. The number of carbonyl (C=O) groups excluding carboxylic acids is 1. The molecule has 0 bridgehead atoms. The van der Waals surface area contributed by atoms with Crippen LogP contribution in [0.25, 0.3) is 0 Å². The zero-order valence-corrected chi connectivity index (χ0v) is 13.6. The normalized spacial score (nSPS) is 14.4. The lowest BCUT2D eigenvalue weighted by Gasteiger charge is -2.28. The fourth-order valence-corrected chi connectivity index (χ4v) is 2.94. The van der Waals surface area contributed by atoms with Gasteiger partial charge in [-0.3, -0.25) is 0 Å². The summed E-state index contributed by atoms with van der Waals surface area (Å²) in [5, 5.41) is 6.08. The lowest BCUT2D eigenvalue weighted by molar-refractivity contribution is 0.262. The Morgan fingerprint density at radius 2 is 1.61 bits per heavy atom. The highest BCUT2D eigenvalue weighted by Crippen LogP contribution is 2.23. The van der Waals surface area contributed by atoms with Crippen molar-refractivity contribution in [3.05, 3.63) is 53.6 Å². The van der Waals surface area contributed by atoms with Crippen LogP contribution in [-0.4, -0.2) is 19.1 Å². The van der Waals surface area contributed by atoms with Gasteiger partial charge < -0.3 is 15.5 Å². The third-order valence-corrected chi connectivity index (χ3v) is 4.30. The predicted molar refractivity (Wildman–Crippen MR) is 96.6 cm³/mol. The molecule has 120 valence electrons. The number of urea groups is 1. The van der Waals surface area contributed by atoms with Gasteiger partial charge in [-0.05, 0) is 55.7 Å². The second-order valence-electron chi connectivity index (χ2n) is 5.65. The molecule has 0 radical (unpaired) electrons. The smallest absolute Gasteiger partial charge is 0.323 e. The van der Waals surface area contributed by atoms with Gasteiger partial charge in [-0.15, -0.1) is 0 Å². The van der Waals surface area contributed by atoms with Crippen LogP contribution < -0.4 is 15.5 Å². The molecule has 1 fully saturated rings. The monoisotopic (exact) mass is 329 g/mol. The number of piperidine rings is 1. The Morgan fingerprint density at radius 1 is 0.913 bits per heavy atom. The lowest BCUT2D eigenvalue weighted by Crippen LogP contribution is -2.29. The van der Waals surface area contributed by atoms with Gasteiger partial charge in [0.25, 0.3) is 0 Å². The van der Waals surface area contributed by atoms with E-state index in [-0.39, 0.29) is 6.03 Å². The molecule has 3 rings (SSSR count). The van der Waals surface area contributed by atoms with Crippen LogP contribution in [0.15, 0.2) is 48.5 Å². The summed E-state index contributed by atoms with van der Waals surface area (Å²) in [6.07, 6.45) is 3.82. The van der Waals surface area contributed by atoms with E-state index in [4.69, 9.17) is 11.6 Å². The molecule has 0 saturated carbocycles. The first-order valence-corrected chi connectivity index (χ1v) is 8.28. The summed E-state index contributed by atoms with van der Waals surface area (Å²) in [4.78, 5) is 14.4. The van der Waals surface area contributed by atoms with Crippen LogP contribution in [-0.2, 0) is 0 Å². The quantitative estimate of drug-likeness (QED) is 0.834. The molecule has 0 unspecified atom stereocenters. The number of rotatable bonds is 3. The van der Waals surface area contributed by atoms with Gasteiger partial charge in [0, 0.05) is 24.5 Å². The van der Waals surface area contributed by atoms with Gasteiger partial charge >= 0.3 is 6.03 Å². The molecule has 0 aliphatic carbocycles. The molecule has 2 N–H and O–H groups in total. The molecule has 2 aromatic carbocycles. The zero-order chi connectivity index (χ0) is 16.1. The first-order chi connectivity index (χ1) is 11.2. The van der Waals surface area contributed by atoms with Crippen LogP contribution in [0.5, 0.6) is 0 Å². The van der Waals surface area contributed by atoms with Crippen molar-refractivity contribution < 1.29 is 4.79 Å². The molecular formula is C18H20ClN3O. The van der Waals surface area contributed by atoms with Crippen LogP contribution >= 0.6 is 11.6 Å². The molecule has 1 aliphatic heterocycles. The number of nitrogens with one attached hydrogen (secondary N) is 2. The van der Waals surface area contributed by atoms with Gasteiger partial charge in [0.15, 0.2) is 0 Å². The highest BCUT2D eigenvalue weighted by atomic mass is 35.5. The first kappa shape index (κ1) is 15.7. The zero-order valence-electron chi connectivity index (χ0n) is 12.9. The number of benzene rings is 2. The summed E-state index contributed by atoms with van der Waals surface area (Å²) in [5.74, 6) is 0. The van der Waals surface area contributed by atoms with Gasteiger partial charge in [0.2, 0.25) is 0 Å². The standard InChI is InChI=1S/C18H20ClN3O/c19-16-6-2-3-7-17(16)21-18(23)20-14-8-10-15(11-9-14)22-12-4-1-5-13-22/h2-3,6-11H,1,4-5,12-13H2,(H2,20,21,23). The fraction of sp³-hybridized carbons (Fsp3) is 0.278. The summed E-state index contributed by atoms with van der Waals surface area (Å²) in [6.45, 7) is 2.22. The van der Waals surface area contributed by atoms with Crippen molar-refractivity contribution in [3.63, 3.8) is 0 Å². The summed E-state index contributed by atoms with van der Waals surface area (Å²) in [5.41, 5.74) is 2.56. The van der Waals surface area contributed by atoms with Gasteiger partial charge in [-0.2, -0.15) is 0 Å². The van der Waals surface area contributed by atoms with Gasteiger partial charge in [-0.1, -0.05) is 23.7 Å². The second kappa shape index (κ2) is 7.38. The van der Waals surface area contributed by atoms with E-state index in [0.717, 1.165) is 18.8 Å². The average Bonchev–Trinajstić information content (AvgIpc) is 2.58. The van der Waals surface area contributed by atoms with Crippen molar-refractivity contribution in [1.29, 1.82) is 0 Å². The van der Waals surface area contributed by atoms with Crippen LogP contribution in [0.4, 0.5) is 21.9 Å². The molecule has 5 heteroatoms. The summed E-state index contributed by atoms with van der Waals surface area (Å²) in [7, 11) is 0. The van der Waals surface area contributed by atoms with Crippen LogP contribution in [0.2, 0.25) is 5.02 Å². The molecule has 1 saturated heterocycles. The Morgan fingerprint density at radius 3 is 2.30 bits per heavy atom. The van der Waals surface area contributed by atoms with E-state index in [1.807, 2.05) is 24.3 Å². The first-order valence-electron chi connectivity index (χ1n) is 7.90. The van der Waals surface area contributed by atoms with Crippen molar-refractivity contribution in [2.24, 2.45) is 0 Å². The maximum Gasteiger partial charge on any atom is 0.323 e. The van der Waals surface area contributed by atoms with E-state index in [2.05, 4.69) is 27.7 Å². The summed E-state index contributed by atoms with van der Waals surface area (Å²) in [6, 6.07) is 14.8. The Labute approximate surface area is 141 Å². The summed E-state index contributed by atoms with van der Waals surface area (Å²) < 4.78 is 0. The fourth-order valence-electron chi connectivity index (χ4n) is 2.75. The van der Waals surface area contributed by atoms with Crippen molar-refractivity contribution >= 4 is 34.7 Å². The van der Waals surface area contributed by atoms with E-state index < -0.39 is 0 Å². The average molecular weight is 330 g/mol. The predicted octanol–water partition coefficient (Wildman–Crippen LogP) is 4.97.